The van der Waals surface area contributed by atoms with Crippen molar-refractivity contribution in [1.82, 2.24) is 30.7 Å². The third kappa shape index (κ3) is 16.3. The summed E-state index contributed by atoms with van der Waals surface area (Å²) in [6.07, 6.45) is -0.553. The number of alkyl halides is 1. The molecule has 2 aliphatic heterocycles. The van der Waals surface area contributed by atoms with Crippen molar-refractivity contribution in [2.75, 3.05) is 45.2 Å². The number of benzene rings is 1. The molecule has 2 aliphatic rings. The SMILES string of the molecule is COC(C)(C)[C@H](C(=N)N)N(C[C@@H]1CN(C(=O)OCc2ccc(NC(O)[C@@H](CCCNC(N)=O)NC(=O)[C@H](NC(=O)CCCCCN3C(=O)C=CC3=O)C(C)C)cc2)C[C@@H]1F)C(=O)[C@H](C)O. The molecule has 362 valence electrons. The predicted molar refractivity (Wildman–Crippen MR) is 236 cm³/mol. The van der Waals surface area contributed by atoms with Crippen molar-refractivity contribution in [3.05, 3.63) is 42.0 Å². The number of anilines is 1. The second kappa shape index (κ2) is 25.0. The molecule has 1 unspecified atom stereocenters. The Hall–Kier alpha value is -5.87. The lowest BCUT2D eigenvalue weighted by Gasteiger charge is -2.42. The van der Waals surface area contributed by atoms with Gasteiger partial charge in [0.15, 0.2) is 0 Å². The highest BCUT2D eigenvalue weighted by molar-refractivity contribution is 6.12. The number of aliphatic hydroxyl groups excluding tert-OH is 2. The third-order valence-corrected chi connectivity index (χ3v) is 11.3. The van der Waals surface area contributed by atoms with Crippen molar-refractivity contribution in [2.45, 2.75) is 122 Å². The molecule has 0 radical (unpaired) electrons. The summed E-state index contributed by atoms with van der Waals surface area (Å²) >= 11 is 0. The van der Waals surface area contributed by atoms with Crippen LogP contribution in [0.1, 0.15) is 78.7 Å². The zero-order valence-corrected chi connectivity index (χ0v) is 38.0. The van der Waals surface area contributed by atoms with Gasteiger partial charge < -0.3 is 62.2 Å². The Labute approximate surface area is 378 Å². The number of hydrogen-bond donors (Lipinski definition) is 9. The summed E-state index contributed by atoms with van der Waals surface area (Å²) in [6, 6.07) is 2.77. The number of amidine groups is 1. The van der Waals surface area contributed by atoms with E-state index in [1.54, 1.807) is 52.0 Å². The Kier molecular flexibility index (Phi) is 20.6. The molecule has 0 spiro atoms. The van der Waals surface area contributed by atoms with Crippen LogP contribution >= 0.6 is 0 Å². The van der Waals surface area contributed by atoms with Crippen LogP contribution in [-0.4, -0.2) is 154 Å². The van der Waals surface area contributed by atoms with Crippen LogP contribution < -0.4 is 32.7 Å². The van der Waals surface area contributed by atoms with Gasteiger partial charge in [0, 0.05) is 63.5 Å². The molecule has 8 amide bonds. The molecule has 22 heteroatoms. The second-order valence-electron chi connectivity index (χ2n) is 17.2. The van der Waals surface area contributed by atoms with E-state index in [9.17, 15) is 43.8 Å². The molecule has 2 heterocycles. The molecule has 1 aromatic carbocycles. The monoisotopic (exact) mass is 918 g/mol. The van der Waals surface area contributed by atoms with Crippen LogP contribution in [0.25, 0.3) is 0 Å². The van der Waals surface area contributed by atoms with Gasteiger partial charge in [0.25, 0.3) is 17.7 Å². The Morgan fingerprint density at radius 3 is 2.18 bits per heavy atom. The van der Waals surface area contributed by atoms with Gasteiger partial charge in [-0.25, -0.2) is 14.0 Å². The predicted octanol–water partition coefficient (Wildman–Crippen LogP) is 0.822. The van der Waals surface area contributed by atoms with E-state index in [1.165, 1.54) is 31.1 Å². The topological polar surface area (TPSA) is 312 Å². The zero-order valence-electron chi connectivity index (χ0n) is 38.0. The summed E-state index contributed by atoms with van der Waals surface area (Å²) in [5, 5.41) is 40.5. The lowest BCUT2D eigenvalue weighted by molar-refractivity contribution is -0.147. The van der Waals surface area contributed by atoms with E-state index in [4.69, 9.17) is 26.4 Å². The van der Waals surface area contributed by atoms with E-state index >= 15 is 4.39 Å². The molecule has 0 saturated carbocycles. The molecular weight excluding hydrogens is 852 g/mol. The van der Waals surface area contributed by atoms with Gasteiger partial charge in [-0.1, -0.05) is 32.4 Å². The number of halogens is 1. The maximum Gasteiger partial charge on any atom is 0.410 e. The summed E-state index contributed by atoms with van der Waals surface area (Å²) in [4.78, 5) is 90.7. The number of hydrogen-bond acceptors (Lipinski definition) is 13. The van der Waals surface area contributed by atoms with E-state index in [2.05, 4.69) is 21.3 Å². The molecule has 0 aromatic heterocycles. The number of urea groups is 1. The van der Waals surface area contributed by atoms with Gasteiger partial charge in [0.1, 0.15) is 43.0 Å². The normalized spacial score (nSPS) is 18.4. The number of nitrogens with two attached hydrogens (primary N) is 2. The fourth-order valence-corrected chi connectivity index (χ4v) is 7.48. The van der Waals surface area contributed by atoms with Crippen LogP contribution in [0.4, 0.5) is 19.7 Å². The van der Waals surface area contributed by atoms with Crippen molar-refractivity contribution < 1.29 is 57.6 Å². The van der Waals surface area contributed by atoms with Gasteiger partial charge in [-0.15, -0.1) is 0 Å². The average molecular weight is 919 g/mol. The van der Waals surface area contributed by atoms with Crippen LogP contribution in [0.15, 0.2) is 36.4 Å². The number of nitrogens with one attached hydrogen (secondary N) is 5. The molecule has 3 rings (SSSR count). The molecular formula is C43H67FN10O11. The molecule has 65 heavy (non-hydrogen) atoms. The largest absolute Gasteiger partial charge is 0.445 e. The molecule has 0 bridgehead atoms. The zero-order chi connectivity index (χ0) is 48.6. The number of aliphatic hydroxyl groups is 2. The first-order valence-corrected chi connectivity index (χ1v) is 21.7. The molecule has 0 aliphatic carbocycles. The minimum Gasteiger partial charge on any atom is -0.445 e. The summed E-state index contributed by atoms with van der Waals surface area (Å²) in [7, 11) is 1.38. The highest BCUT2D eigenvalue weighted by Crippen LogP contribution is 2.27. The Morgan fingerprint density at radius 1 is 0.969 bits per heavy atom. The van der Waals surface area contributed by atoms with Crippen molar-refractivity contribution in [3.8, 4) is 0 Å². The quantitative estimate of drug-likeness (QED) is 0.0205. The van der Waals surface area contributed by atoms with Gasteiger partial charge >= 0.3 is 12.1 Å². The van der Waals surface area contributed by atoms with Crippen molar-refractivity contribution in [1.29, 1.82) is 5.41 Å². The molecule has 1 aromatic rings. The van der Waals surface area contributed by atoms with E-state index in [0.717, 1.165) is 9.80 Å². The first kappa shape index (κ1) is 53.5. The summed E-state index contributed by atoms with van der Waals surface area (Å²) in [5.41, 5.74) is 10.9. The summed E-state index contributed by atoms with van der Waals surface area (Å²) < 4.78 is 26.3. The van der Waals surface area contributed by atoms with Crippen LogP contribution in [-0.2, 0) is 40.1 Å². The number of primary amides is 1. The number of carbonyl (C=O) groups excluding carboxylic acids is 7. The van der Waals surface area contributed by atoms with E-state index in [-0.39, 0.29) is 75.8 Å². The van der Waals surface area contributed by atoms with E-state index < -0.39 is 77.9 Å². The van der Waals surface area contributed by atoms with E-state index in [1.807, 2.05) is 0 Å². The number of likely N-dealkylation sites (tertiary alicyclic amines) is 1. The Balaban J connectivity index is 1.57. The standard InChI is InChI=1S/C43H67FN10O11/c1-25(2)35(51-32(56)12-8-7-9-20-53-33(57)17-18-34(53)58)39(60)50-31(11-10-19-48-41(47)62)38(59)49-29-15-13-27(14-16-29)24-65-42(63)52-21-28(30(44)23-52)22-54(40(61)26(3)55)36(37(45)46)43(4,5)64-6/h13-18,25-26,28,30-31,35-36,38,49,55,59H,7-12,19-24H2,1-6H3,(H3,45,46)(H,50,60)(H,51,56)(H3,47,48,62)/t26-,28-,30-,31+,35+,36-,38?/m0/s1. The Morgan fingerprint density at radius 2 is 1.62 bits per heavy atom. The lowest BCUT2D eigenvalue weighted by atomic mass is 9.93. The molecule has 21 nitrogen and oxygen atoms in total. The number of unbranched alkanes of at least 4 members (excludes halogenated alkanes) is 2. The number of ether oxygens (including phenoxy) is 2. The number of imide groups is 1. The molecule has 11 N–H and O–H groups in total. The van der Waals surface area contributed by atoms with Crippen molar-refractivity contribution >= 4 is 53.2 Å². The van der Waals surface area contributed by atoms with Gasteiger partial charge in [-0.2, -0.15) is 0 Å². The van der Waals surface area contributed by atoms with Gasteiger partial charge in [-0.05, 0) is 70.1 Å². The van der Waals surface area contributed by atoms with Gasteiger partial charge in [0.2, 0.25) is 11.8 Å². The van der Waals surface area contributed by atoms with Gasteiger partial charge in [-0.3, -0.25) is 34.3 Å². The van der Waals surface area contributed by atoms with Crippen molar-refractivity contribution in [3.63, 3.8) is 0 Å². The van der Waals surface area contributed by atoms with Gasteiger partial charge in [0.05, 0.1) is 18.2 Å². The molecule has 1 fully saturated rings. The maximum atomic E-state index is 15.4. The fourth-order valence-electron chi connectivity index (χ4n) is 7.48. The number of carbonyl (C=O) groups is 7. The average Bonchev–Trinajstić information content (AvgIpc) is 3.77. The number of nitrogens with zero attached hydrogens (tertiary/aromatic N) is 3. The maximum absolute atomic E-state index is 15.4. The Bertz CT molecular complexity index is 1850. The number of amides is 8. The lowest BCUT2D eigenvalue weighted by Crippen LogP contribution is -2.61. The third-order valence-electron chi connectivity index (χ3n) is 11.3. The van der Waals surface area contributed by atoms with Crippen molar-refractivity contribution in [2.24, 2.45) is 23.3 Å². The van der Waals surface area contributed by atoms with Crippen LogP contribution in [0.2, 0.25) is 0 Å². The van der Waals surface area contributed by atoms with Crippen LogP contribution in [0.5, 0.6) is 0 Å². The van der Waals surface area contributed by atoms with Crippen LogP contribution in [0.3, 0.4) is 0 Å². The fraction of sp³-hybridized carbons (Fsp3) is 0.628. The number of methoxy groups -OCH3 is 1. The molecule has 7 atom stereocenters. The summed E-state index contributed by atoms with van der Waals surface area (Å²) in [5.74, 6) is -4.04. The highest BCUT2D eigenvalue weighted by atomic mass is 19.1. The minimum atomic E-state index is -1.56. The van der Waals surface area contributed by atoms with Crippen LogP contribution in [0, 0.1) is 17.2 Å². The number of rotatable bonds is 26. The first-order chi connectivity index (χ1) is 30.6. The van der Waals surface area contributed by atoms with E-state index in [0.29, 0.717) is 36.9 Å². The smallest absolute Gasteiger partial charge is 0.410 e. The first-order valence-electron chi connectivity index (χ1n) is 21.7. The highest BCUT2D eigenvalue weighted by Gasteiger charge is 2.45. The molecule has 1 saturated heterocycles. The second-order valence-corrected chi connectivity index (χ2v) is 17.2. The minimum absolute atomic E-state index is 0.112. The summed E-state index contributed by atoms with van der Waals surface area (Å²) in [6.45, 7) is 7.53.